The third-order valence-corrected chi connectivity index (χ3v) is 4.49. The molecule has 0 radical (unpaired) electrons. The van der Waals surface area contributed by atoms with Gasteiger partial charge in [0.2, 0.25) is 0 Å². The van der Waals surface area contributed by atoms with Crippen LogP contribution in [0.3, 0.4) is 0 Å². The Morgan fingerprint density at radius 1 is 1.24 bits per heavy atom. The van der Waals surface area contributed by atoms with Crippen molar-refractivity contribution in [1.29, 1.82) is 0 Å². The van der Waals surface area contributed by atoms with Gasteiger partial charge in [-0.15, -0.1) is 5.10 Å². The van der Waals surface area contributed by atoms with Gasteiger partial charge < -0.3 is 15.7 Å². The fourth-order valence-corrected chi connectivity index (χ4v) is 3.43. The monoisotopic (exact) mass is 292 g/mol. The predicted octanol–water partition coefficient (Wildman–Crippen LogP) is 1.80. The lowest BCUT2D eigenvalue weighted by Crippen LogP contribution is -2.32. The summed E-state index contributed by atoms with van der Waals surface area (Å²) < 4.78 is 0. The van der Waals surface area contributed by atoms with Gasteiger partial charge in [-0.2, -0.15) is 5.10 Å². The molecule has 1 aromatic rings. The van der Waals surface area contributed by atoms with E-state index in [2.05, 4.69) is 28.9 Å². The summed E-state index contributed by atoms with van der Waals surface area (Å²) in [5, 5.41) is 18.0. The summed E-state index contributed by atoms with van der Waals surface area (Å²) in [5.74, 6) is 0.979. The highest BCUT2D eigenvalue weighted by molar-refractivity contribution is 5.52. The molecule has 0 saturated carbocycles. The molecular formula is C16H28N4O. The summed E-state index contributed by atoms with van der Waals surface area (Å²) in [5.41, 5.74) is 9.55. The molecule has 2 rings (SSSR count). The highest BCUT2D eigenvalue weighted by atomic mass is 16.2. The van der Waals surface area contributed by atoms with E-state index in [0.717, 1.165) is 43.7 Å². The lowest BCUT2D eigenvalue weighted by Gasteiger charge is -2.28. The van der Waals surface area contributed by atoms with Crippen LogP contribution < -0.4 is 10.6 Å². The number of aryl methyl sites for hydroxylation is 1. The first-order valence-corrected chi connectivity index (χ1v) is 8.21. The van der Waals surface area contributed by atoms with Gasteiger partial charge in [-0.1, -0.05) is 13.8 Å². The first-order valence-electron chi connectivity index (χ1n) is 8.21. The van der Waals surface area contributed by atoms with Gasteiger partial charge in [-0.25, -0.2) is 0 Å². The Balaban J connectivity index is 2.34. The topological polar surface area (TPSA) is 75.3 Å². The van der Waals surface area contributed by atoms with Gasteiger partial charge >= 0.3 is 0 Å². The molecule has 1 aliphatic rings. The Morgan fingerprint density at radius 3 is 2.67 bits per heavy atom. The molecule has 0 spiro atoms. The molecule has 0 bridgehead atoms. The average molecular weight is 292 g/mol. The molecule has 0 aromatic carbocycles. The standard InChI is InChI=1S/C16H28N4O/c1-3-13-14(11-17)16(19-18-15(13)4-2)20-9-5-7-12(20)8-6-10-21/h12,21H,3-11,17H2,1-2H3. The third-order valence-electron chi connectivity index (χ3n) is 4.49. The van der Waals surface area contributed by atoms with E-state index in [-0.39, 0.29) is 6.61 Å². The van der Waals surface area contributed by atoms with Crippen LogP contribution >= 0.6 is 0 Å². The van der Waals surface area contributed by atoms with Crippen LogP contribution in [0.5, 0.6) is 0 Å². The van der Waals surface area contributed by atoms with Crippen LogP contribution in [0.4, 0.5) is 5.82 Å². The Morgan fingerprint density at radius 2 is 2.05 bits per heavy atom. The first kappa shape index (κ1) is 16.2. The van der Waals surface area contributed by atoms with Crippen LogP contribution in [-0.4, -0.2) is 34.5 Å². The Hall–Kier alpha value is -1.20. The molecule has 5 heteroatoms. The second kappa shape index (κ2) is 7.71. The number of anilines is 1. The van der Waals surface area contributed by atoms with Crippen molar-refractivity contribution in [2.75, 3.05) is 18.1 Å². The van der Waals surface area contributed by atoms with Crippen LogP contribution in [0.1, 0.15) is 56.4 Å². The number of hydrogen-bond donors (Lipinski definition) is 2. The Labute approximate surface area is 127 Å². The van der Waals surface area contributed by atoms with Crippen LogP contribution in [0.25, 0.3) is 0 Å². The number of aliphatic hydroxyl groups excluding tert-OH is 1. The molecule has 5 nitrogen and oxygen atoms in total. The largest absolute Gasteiger partial charge is 0.396 e. The Bertz CT molecular complexity index is 464. The van der Waals surface area contributed by atoms with Crippen molar-refractivity contribution in [2.24, 2.45) is 5.73 Å². The molecule has 1 unspecified atom stereocenters. The van der Waals surface area contributed by atoms with Gasteiger partial charge in [0.15, 0.2) is 5.82 Å². The van der Waals surface area contributed by atoms with E-state index in [1.54, 1.807) is 0 Å². The van der Waals surface area contributed by atoms with Crippen LogP contribution in [0, 0.1) is 0 Å². The fraction of sp³-hybridized carbons (Fsp3) is 0.750. The Kier molecular flexibility index (Phi) is 5.94. The third kappa shape index (κ3) is 3.35. The number of aliphatic hydroxyl groups is 1. The lowest BCUT2D eigenvalue weighted by molar-refractivity contribution is 0.279. The number of hydrogen-bond acceptors (Lipinski definition) is 5. The second-order valence-electron chi connectivity index (χ2n) is 5.69. The van der Waals surface area contributed by atoms with Crippen LogP contribution in [0.15, 0.2) is 0 Å². The summed E-state index contributed by atoms with van der Waals surface area (Å²) in [6.45, 7) is 6.07. The smallest absolute Gasteiger partial charge is 0.156 e. The number of aromatic nitrogens is 2. The fourth-order valence-electron chi connectivity index (χ4n) is 3.43. The van der Waals surface area contributed by atoms with Gasteiger partial charge in [0.25, 0.3) is 0 Å². The number of nitrogens with zero attached hydrogens (tertiary/aromatic N) is 3. The molecule has 1 fully saturated rings. The van der Waals surface area contributed by atoms with E-state index in [9.17, 15) is 0 Å². The molecular weight excluding hydrogens is 264 g/mol. The summed E-state index contributed by atoms with van der Waals surface area (Å²) >= 11 is 0. The van der Waals surface area contributed by atoms with Gasteiger partial charge in [0.1, 0.15) is 0 Å². The van der Waals surface area contributed by atoms with E-state index in [1.807, 2.05) is 0 Å². The zero-order chi connectivity index (χ0) is 15.2. The normalized spacial score (nSPS) is 18.5. The average Bonchev–Trinajstić information content (AvgIpc) is 2.99. The maximum absolute atomic E-state index is 9.07. The predicted molar refractivity (Wildman–Crippen MR) is 85.4 cm³/mol. The van der Waals surface area contributed by atoms with Crippen molar-refractivity contribution in [3.05, 3.63) is 16.8 Å². The zero-order valence-corrected chi connectivity index (χ0v) is 13.3. The maximum Gasteiger partial charge on any atom is 0.156 e. The molecule has 2 heterocycles. The van der Waals surface area contributed by atoms with Crippen LogP contribution in [0.2, 0.25) is 0 Å². The van der Waals surface area contributed by atoms with Crippen molar-refractivity contribution in [3.8, 4) is 0 Å². The summed E-state index contributed by atoms with van der Waals surface area (Å²) in [6.07, 6.45) is 6.06. The molecule has 0 amide bonds. The minimum atomic E-state index is 0.259. The lowest BCUT2D eigenvalue weighted by atomic mass is 10.0. The minimum absolute atomic E-state index is 0.259. The summed E-state index contributed by atoms with van der Waals surface area (Å²) in [6, 6.07) is 0.467. The van der Waals surface area contributed by atoms with E-state index >= 15 is 0 Å². The zero-order valence-electron chi connectivity index (χ0n) is 13.3. The summed E-state index contributed by atoms with van der Waals surface area (Å²) in [4.78, 5) is 2.36. The van der Waals surface area contributed by atoms with Gasteiger partial charge in [-0.3, -0.25) is 0 Å². The van der Waals surface area contributed by atoms with Gasteiger partial charge in [0.05, 0.1) is 5.69 Å². The van der Waals surface area contributed by atoms with Gasteiger partial charge in [0, 0.05) is 31.3 Å². The van der Waals surface area contributed by atoms with Gasteiger partial charge in [-0.05, 0) is 44.1 Å². The van der Waals surface area contributed by atoms with E-state index in [1.165, 1.54) is 24.0 Å². The van der Waals surface area contributed by atoms with Crippen molar-refractivity contribution < 1.29 is 5.11 Å². The molecule has 0 aliphatic carbocycles. The van der Waals surface area contributed by atoms with E-state index in [0.29, 0.717) is 12.6 Å². The molecule has 1 saturated heterocycles. The second-order valence-corrected chi connectivity index (χ2v) is 5.69. The number of nitrogens with two attached hydrogens (primary N) is 1. The minimum Gasteiger partial charge on any atom is -0.396 e. The van der Waals surface area contributed by atoms with E-state index < -0.39 is 0 Å². The molecule has 1 atom stereocenters. The van der Waals surface area contributed by atoms with E-state index in [4.69, 9.17) is 10.8 Å². The molecule has 21 heavy (non-hydrogen) atoms. The highest BCUT2D eigenvalue weighted by Crippen LogP contribution is 2.31. The highest BCUT2D eigenvalue weighted by Gasteiger charge is 2.28. The van der Waals surface area contributed by atoms with Crippen molar-refractivity contribution in [3.63, 3.8) is 0 Å². The molecule has 1 aliphatic heterocycles. The molecule has 3 N–H and O–H groups in total. The van der Waals surface area contributed by atoms with Crippen LogP contribution in [-0.2, 0) is 19.4 Å². The maximum atomic E-state index is 9.07. The van der Waals surface area contributed by atoms with Crippen molar-refractivity contribution in [2.45, 2.75) is 65.0 Å². The van der Waals surface area contributed by atoms with Crippen molar-refractivity contribution >= 4 is 5.82 Å². The van der Waals surface area contributed by atoms with Crippen molar-refractivity contribution in [1.82, 2.24) is 10.2 Å². The first-order chi connectivity index (χ1) is 10.3. The quantitative estimate of drug-likeness (QED) is 0.801. The molecule has 1 aromatic heterocycles. The summed E-state index contributed by atoms with van der Waals surface area (Å²) in [7, 11) is 0. The SMILES string of the molecule is CCc1nnc(N2CCCC2CCCO)c(CN)c1CC. The number of rotatable bonds is 7. The molecule has 118 valence electrons.